The van der Waals surface area contributed by atoms with Gasteiger partial charge in [0.1, 0.15) is 0 Å². The highest BCUT2D eigenvalue weighted by molar-refractivity contribution is 5.92. The smallest absolute Gasteiger partial charge is 0.243 e. The quantitative estimate of drug-likeness (QED) is 0.615. The van der Waals surface area contributed by atoms with Crippen LogP contribution in [0.1, 0.15) is 19.3 Å². The maximum atomic E-state index is 11.9. The van der Waals surface area contributed by atoms with Crippen molar-refractivity contribution in [1.29, 1.82) is 0 Å². The average Bonchev–Trinajstić information content (AvgIpc) is 2.95. The van der Waals surface area contributed by atoms with E-state index in [0.717, 1.165) is 25.8 Å². The first-order valence-electron chi connectivity index (χ1n) is 5.35. The fourth-order valence-corrected chi connectivity index (χ4v) is 1.82. The second-order valence-electron chi connectivity index (χ2n) is 4.55. The number of carbonyl (C=O) groups excluding carboxylic acids is 2. The van der Waals surface area contributed by atoms with Gasteiger partial charge in [-0.05, 0) is 19.3 Å². The van der Waals surface area contributed by atoms with Crippen LogP contribution in [0, 0.1) is 0 Å². The number of hydrogen-bond donors (Lipinski definition) is 1. The summed E-state index contributed by atoms with van der Waals surface area (Å²) in [7, 11) is 1.77. The molecule has 1 aliphatic carbocycles. The Morgan fingerprint density at radius 2 is 2.07 bits per heavy atom. The summed E-state index contributed by atoms with van der Waals surface area (Å²) in [6, 6.07) is 0. The summed E-state index contributed by atoms with van der Waals surface area (Å²) < 4.78 is 0. The van der Waals surface area contributed by atoms with E-state index in [2.05, 4.69) is 0 Å². The zero-order valence-corrected chi connectivity index (χ0v) is 9.03. The van der Waals surface area contributed by atoms with Crippen LogP contribution < -0.4 is 5.73 Å². The van der Waals surface area contributed by atoms with E-state index in [0.29, 0.717) is 6.54 Å². The predicted molar refractivity (Wildman–Crippen MR) is 55.0 cm³/mol. The van der Waals surface area contributed by atoms with Crippen molar-refractivity contribution in [1.82, 2.24) is 9.80 Å². The molecule has 0 atom stereocenters. The highest BCUT2D eigenvalue weighted by Gasteiger charge is 2.48. The van der Waals surface area contributed by atoms with E-state index in [4.69, 9.17) is 5.73 Å². The van der Waals surface area contributed by atoms with Crippen molar-refractivity contribution in [3.8, 4) is 0 Å². The van der Waals surface area contributed by atoms with Gasteiger partial charge in [0.2, 0.25) is 11.8 Å². The van der Waals surface area contributed by atoms with E-state index in [9.17, 15) is 9.59 Å². The maximum Gasteiger partial charge on any atom is 0.243 e. The zero-order chi connectivity index (χ0) is 11.1. The van der Waals surface area contributed by atoms with Gasteiger partial charge in [0.15, 0.2) is 0 Å². The molecule has 0 radical (unpaired) electrons. The van der Waals surface area contributed by atoms with E-state index in [-0.39, 0.29) is 18.4 Å². The molecule has 1 aliphatic heterocycles. The standard InChI is InChI=1S/C10H17N3O2/c1-12-5-2-6-13(7-8(12)14)9(15)10(11)3-4-10/h2-7,11H2,1H3. The summed E-state index contributed by atoms with van der Waals surface area (Å²) in [5.74, 6) is -0.0451. The number of amides is 2. The molecule has 1 saturated heterocycles. The van der Waals surface area contributed by atoms with Crippen molar-refractivity contribution >= 4 is 11.8 Å². The van der Waals surface area contributed by atoms with Gasteiger partial charge in [-0.15, -0.1) is 0 Å². The fourth-order valence-electron chi connectivity index (χ4n) is 1.82. The molecule has 2 aliphatic rings. The molecule has 1 heterocycles. The summed E-state index contributed by atoms with van der Waals surface area (Å²) in [5, 5.41) is 0. The van der Waals surface area contributed by atoms with Crippen molar-refractivity contribution in [3.63, 3.8) is 0 Å². The Labute approximate surface area is 89.2 Å². The minimum absolute atomic E-state index is 0.00472. The van der Waals surface area contributed by atoms with Crippen molar-refractivity contribution in [2.24, 2.45) is 5.73 Å². The molecule has 2 rings (SSSR count). The molecule has 1 saturated carbocycles. The van der Waals surface area contributed by atoms with Crippen molar-refractivity contribution in [2.75, 3.05) is 26.7 Å². The third-order valence-electron chi connectivity index (χ3n) is 3.18. The number of nitrogens with two attached hydrogens (primary N) is 1. The van der Waals surface area contributed by atoms with Gasteiger partial charge in [0.05, 0.1) is 12.1 Å². The minimum Gasteiger partial charge on any atom is -0.344 e. The Balaban J connectivity index is 2.03. The third kappa shape index (κ3) is 1.97. The molecule has 15 heavy (non-hydrogen) atoms. The largest absolute Gasteiger partial charge is 0.344 e. The first-order valence-corrected chi connectivity index (χ1v) is 5.35. The summed E-state index contributed by atoms with van der Waals surface area (Å²) >= 11 is 0. The van der Waals surface area contributed by atoms with Crippen LogP contribution in [0.5, 0.6) is 0 Å². The number of rotatable bonds is 1. The van der Waals surface area contributed by atoms with Gasteiger partial charge < -0.3 is 15.5 Å². The molecule has 5 heteroatoms. The Morgan fingerprint density at radius 1 is 1.40 bits per heavy atom. The second-order valence-corrected chi connectivity index (χ2v) is 4.55. The second kappa shape index (κ2) is 3.48. The van der Waals surface area contributed by atoms with E-state index in [1.165, 1.54) is 0 Å². The van der Waals surface area contributed by atoms with Crippen LogP contribution in [0.25, 0.3) is 0 Å². The molecule has 0 spiro atoms. The van der Waals surface area contributed by atoms with Crippen LogP contribution in [-0.2, 0) is 9.59 Å². The third-order valence-corrected chi connectivity index (χ3v) is 3.18. The lowest BCUT2D eigenvalue weighted by atomic mass is 10.2. The molecule has 2 N–H and O–H groups in total. The Bertz CT molecular complexity index is 299. The topological polar surface area (TPSA) is 66.6 Å². The molecule has 0 bridgehead atoms. The summed E-state index contributed by atoms with van der Waals surface area (Å²) in [4.78, 5) is 26.8. The van der Waals surface area contributed by atoms with Gasteiger partial charge in [0.25, 0.3) is 0 Å². The van der Waals surface area contributed by atoms with Gasteiger partial charge in [-0.1, -0.05) is 0 Å². The van der Waals surface area contributed by atoms with Gasteiger partial charge in [-0.2, -0.15) is 0 Å². The molecule has 5 nitrogen and oxygen atoms in total. The summed E-state index contributed by atoms with van der Waals surface area (Å²) in [6.07, 6.45) is 2.35. The number of hydrogen-bond acceptors (Lipinski definition) is 3. The number of carbonyl (C=O) groups is 2. The number of likely N-dealkylation sites (N-methyl/N-ethyl adjacent to an activating group) is 1. The normalized spacial score (nSPS) is 25.1. The van der Waals surface area contributed by atoms with Gasteiger partial charge >= 0.3 is 0 Å². The molecular formula is C10H17N3O2. The van der Waals surface area contributed by atoms with Crippen molar-refractivity contribution < 1.29 is 9.59 Å². The molecule has 0 unspecified atom stereocenters. The van der Waals surface area contributed by atoms with E-state index in [1.807, 2.05) is 0 Å². The molecule has 2 amide bonds. The SMILES string of the molecule is CN1CCCN(C(=O)C2(N)CC2)CC1=O. The van der Waals surface area contributed by atoms with Gasteiger partial charge in [-0.3, -0.25) is 9.59 Å². The lowest BCUT2D eigenvalue weighted by molar-refractivity contribution is -0.139. The lowest BCUT2D eigenvalue weighted by Gasteiger charge is -2.22. The Kier molecular flexibility index (Phi) is 2.42. The lowest BCUT2D eigenvalue weighted by Crippen LogP contribution is -2.48. The Hall–Kier alpha value is -1.10. The number of nitrogens with zero attached hydrogens (tertiary/aromatic N) is 2. The van der Waals surface area contributed by atoms with Gasteiger partial charge in [-0.25, -0.2) is 0 Å². The van der Waals surface area contributed by atoms with Crippen LogP contribution in [-0.4, -0.2) is 53.8 Å². The summed E-state index contributed by atoms with van der Waals surface area (Å²) in [6.45, 7) is 1.56. The van der Waals surface area contributed by atoms with Crippen LogP contribution in [0.3, 0.4) is 0 Å². The van der Waals surface area contributed by atoms with E-state index in [1.54, 1.807) is 16.8 Å². The average molecular weight is 211 g/mol. The molecule has 2 fully saturated rings. The molecule has 0 aromatic carbocycles. The minimum atomic E-state index is -0.650. The molecule has 0 aromatic heterocycles. The van der Waals surface area contributed by atoms with E-state index >= 15 is 0 Å². The summed E-state index contributed by atoms with van der Waals surface area (Å²) in [5.41, 5.74) is 5.19. The van der Waals surface area contributed by atoms with Crippen LogP contribution in [0.4, 0.5) is 0 Å². The first-order chi connectivity index (χ1) is 7.03. The zero-order valence-electron chi connectivity index (χ0n) is 9.03. The van der Waals surface area contributed by atoms with Gasteiger partial charge in [0, 0.05) is 20.1 Å². The Morgan fingerprint density at radius 3 is 2.67 bits per heavy atom. The van der Waals surface area contributed by atoms with Crippen LogP contribution >= 0.6 is 0 Å². The molecule has 84 valence electrons. The highest BCUT2D eigenvalue weighted by atomic mass is 16.2. The predicted octanol–water partition coefficient (Wildman–Crippen LogP) is -0.832. The first kappa shape index (κ1) is 10.4. The van der Waals surface area contributed by atoms with Crippen molar-refractivity contribution in [2.45, 2.75) is 24.8 Å². The highest BCUT2D eigenvalue weighted by Crippen LogP contribution is 2.34. The van der Waals surface area contributed by atoms with Crippen LogP contribution in [0.2, 0.25) is 0 Å². The monoisotopic (exact) mass is 211 g/mol. The maximum absolute atomic E-state index is 11.9. The fraction of sp³-hybridized carbons (Fsp3) is 0.800. The van der Waals surface area contributed by atoms with Crippen molar-refractivity contribution in [3.05, 3.63) is 0 Å². The molecular weight excluding hydrogens is 194 g/mol. The van der Waals surface area contributed by atoms with E-state index < -0.39 is 5.54 Å². The van der Waals surface area contributed by atoms with Crippen LogP contribution in [0.15, 0.2) is 0 Å². The molecule has 0 aromatic rings.